The smallest absolute Gasteiger partial charge is 0.268 e. The van der Waals surface area contributed by atoms with Gasteiger partial charge in [0.05, 0.1) is 10.6 Å². The van der Waals surface area contributed by atoms with Crippen molar-refractivity contribution in [3.05, 3.63) is 63.8 Å². The highest BCUT2D eigenvalue weighted by atomic mass is 35.5. The number of rotatable bonds is 4. The van der Waals surface area contributed by atoms with E-state index < -0.39 is 0 Å². The van der Waals surface area contributed by atoms with E-state index in [1.807, 2.05) is 47.2 Å². The summed E-state index contributed by atoms with van der Waals surface area (Å²) in [6, 6.07) is 13.4. The van der Waals surface area contributed by atoms with Gasteiger partial charge < -0.3 is 4.52 Å². The van der Waals surface area contributed by atoms with Crippen molar-refractivity contribution >= 4 is 45.9 Å². The van der Waals surface area contributed by atoms with E-state index in [2.05, 4.69) is 21.2 Å². The molecule has 0 saturated carbocycles. The molecule has 0 saturated heterocycles. The molecule has 0 aliphatic heterocycles. The Bertz CT molecular complexity index is 1100. The van der Waals surface area contributed by atoms with E-state index in [1.165, 1.54) is 22.7 Å². The lowest BCUT2D eigenvalue weighted by Gasteiger charge is -1.95. The molecule has 1 aromatic carbocycles. The maximum absolute atomic E-state index is 9.45. The number of aromatic nitrogens is 3. The van der Waals surface area contributed by atoms with Gasteiger partial charge in [0.1, 0.15) is 16.6 Å². The summed E-state index contributed by atoms with van der Waals surface area (Å²) in [4.78, 5) is 9.72. The van der Waals surface area contributed by atoms with Crippen LogP contribution in [0.5, 0.6) is 0 Å². The summed E-state index contributed by atoms with van der Waals surface area (Å²) in [7, 11) is 0. The molecule has 0 atom stereocenters. The Kier molecular flexibility index (Phi) is 4.63. The molecule has 0 spiro atoms. The minimum atomic E-state index is 0.178. The van der Waals surface area contributed by atoms with E-state index in [0.29, 0.717) is 16.5 Å². The van der Waals surface area contributed by atoms with Gasteiger partial charge in [-0.3, -0.25) is 0 Å². The number of thiazole rings is 1. The van der Waals surface area contributed by atoms with Crippen LogP contribution in [0.15, 0.2) is 51.7 Å². The van der Waals surface area contributed by atoms with Gasteiger partial charge in [-0.15, -0.1) is 22.7 Å². The first kappa shape index (κ1) is 16.7. The van der Waals surface area contributed by atoms with Gasteiger partial charge >= 0.3 is 0 Å². The zero-order chi connectivity index (χ0) is 17.9. The summed E-state index contributed by atoms with van der Waals surface area (Å²) in [5.74, 6) is 0.647. The molecule has 0 unspecified atom stereocenters. The number of hydrogen-bond donors (Lipinski definition) is 0. The van der Waals surface area contributed by atoms with Gasteiger partial charge in [0.25, 0.3) is 5.89 Å². The van der Waals surface area contributed by atoms with Crippen LogP contribution in [0.2, 0.25) is 5.02 Å². The number of nitriles is 1. The largest absolute Gasteiger partial charge is 0.333 e. The van der Waals surface area contributed by atoms with Crippen molar-refractivity contribution < 1.29 is 4.52 Å². The maximum atomic E-state index is 9.45. The zero-order valence-electron chi connectivity index (χ0n) is 13.1. The number of halogens is 1. The molecule has 0 aliphatic rings. The first-order chi connectivity index (χ1) is 12.7. The van der Waals surface area contributed by atoms with Crippen LogP contribution < -0.4 is 0 Å². The second-order valence-electron chi connectivity index (χ2n) is 5.15. The summed E-state index contributed by atoms with van der Waals surface area (Å²) in [5.41, 5.74) is 1.90. The van der Waals surface area contributed by atoms with E-state index in [-0.39, 0.29) is 11.5 Å². The summed E-state index contributed by atoms with van der Waals surface area (Å²) in [6.45, 7) is 0. The molecule has 0 amide bonds. The molecule has 0 bridgehead atoms. The lowest BCUT2D eigenvalue weighted by atomic mass is 10.2. The van der Waals surface area contributed by atoms with Crippen LogP contribution in [0.4, 0.5) is 0 Å². The van der Waals surface area contributed by atoms with Crippen molar-refractivity contribution in [2.75, 3.05) is 0 Å². The standard InChI is InChI=1S/C18H9ClN4OS2/c19-13-5-3-11(4-6-13)18-21-14(10-26-18)8-12(9-20)17-22-16(23-24-17)15-2-1-7-25-15/h1-8,10H/b12-8+. The molecule has 5 nitrogen and oxygen atoms in total. The summed E-state index contributed by atoms with van der Waals surface area (Å²) in [6.07, 6.45) is 1.64. The van der Waals surface area contributed by atoms with E-state index in [0.717, 1.165) is 15.4 Å². The van der Waals surface area contributed by atoms with E-state index >= 15 is 0 Å². The Hall–Kier alpha value is -2.79. The molecule has 0 fully saturated rings. The summed E-state index contributed by atoms with van der Waals surface area (Å²) in [5, 5.41) is 18.7. The zero-order valence-corrected chi connectivity index (χ0v) is 15.5. The minimum Gasteiger partial charge on any atom is -0.333 e. The SMILES string of the molecule is N#C/C(=C\c1csc(-c2ccc(Cl)cc2)n1)c1nc(-c2cccs2)no1. The van der Waals surface area contributed by atoms with Gasteiger partial charge in [-0.2, -0.15) is 10.2 Å². The van der Waals surface area contributed by atoms with Gasteiger partial charge in [0.15, 0.2) is 0 Å². The third-order valence-electron chi connectivity index (χ3n) is 3.42. The van der Waals surface area contributed by atoms with Crippen LogP contribution in [0.3, 0.4) is 0 Å². The number of hydrogen-bond acceptors (Lipinski definition) is 7. The predicted octanol–water partition coefficient (Wildman–Crippen LogP) is 5.64. The van der Waals surface area contributed by atoms with Crippen LogP contribution in [-0.2, 0) is 0 Å². The minimum absolute atomic E-state index is 0.178. The highest BCUT2D eigenvalue weighted by Crippen LogP contribution is 2.28. The van der Waals surface area contributed by atoms with Crippen molar-refractivity contribution in [2.45, 2.75) is 0 Å². The fraction of sp³-hybridized carbons (Fsp3) is 0. The third-order valence-corrected chi connectivity index (χ3v) is 5.45. The lowest BCUT2D eigenvalue weighted by Crippen LogP contribution is -1.83. The predicted molar refractivity (Wildman–Crippen MR) is 104 cm³/mol. The Labute approximate surface area is 161 Å². The molecule has 4 aromatic rings. The molecule has 0 radical (unpaired) electrons. The molecule has 0 N–H and O–H groups in total. The van der Waals surface area contributed by atoms with Crippen molar-refractivity contribution in [3.8, 4) is 27.3 Å². The van der Waals surface area contributed by atoms with Gasteiger partial charge in [0, 0.05) is 16.0 Å². The highest BCUT2D eigenvalue weighted by Gasteiger charge is 2.14. The normalized spacial score (nSPS) is 11.5. The molecule has 26 heavy (non-hydrogen) atoms. The Morgan fingerprint density at radius 3 is 2.73 bits per heavy atom. The summed E-state index contributed by atoms with van der Waals surface area (Å²) < 4.78 is 5.23. The first-order valence-corrected chi connectivity index (χ1v) is 9.58. The second kappa shape index (κ2) is 7.22. The average molecular weight is 397 g/mol. The van der Waals surface area contributed by atoms with Crippen molar-refractivity contribution in [3.63, 3.8) is 0 Å². The quantitative estimate of drug-likeness (QED) is 0.417. The van der Waals surface area contributed by atoms with E-state index in [4.69, 9.17) is 16.1 Å². The highest BCUT2D eigenvalue weighted by molar-refractivity contribution is 7.13. The molecule has 3 heterocycles. The molecule has 0 aliphatic carbocycles. The van der Waals surface area contributed by atoms with Gasteiger partial charge in [-0.05, 0) is 29.7 Å². The summed E-state index contributed by atoms with van der Waals surface area (Å²) >= 11 is 8.91. The maximum Gasteiger partial charge on any atom is 0.268 e. The van der Waals surface area contributed by atoms with Crippen LogP contribution in [0, 0.1) is 11.3 Å². The monoisotopic (exact) mass is 396 g/mol. The average Bonchev–Trinajstić information content (AvgIpc) is 3.40. The van der Waals surface area contributed by atoms with E-state index in [9.17, 15) is 5.26 Å². The molecule has 126 valence electrons. The number of nitrogens with zero attached hydrogens (tertiary/aromatic N) is 4. The first-order valence-electron chi connectivity index (χ1n) is 7.44. The Balaban J connectivity index is 1.62. The molecule has 4 rings (SSSR count). The topological polar surface area (TPSA) is 75.6 Å². The number of benzene rings is 1. The van der Waals surface area contributed by atoms with Crippen LogP contribution >= 0.6 is 34.3 Å². The van der Waals surface area contributed by atoms with Crippen LogP contribution in [0.25, 0.3) is 32.9 Å². The lowest BCUT2D eigenvalue weighted by molar-refractivity contribution is 0.409. The Morgan fingerprint density at radius 1 is 1.15 bits per heavy atom. The molecular weight excluding hydrogens is 388 g/mol. The van der Waals surface area contributed by atoms with Crippen molar-refractivity contribution in [1.82, 2.24) is 15.1 Å². The molecule has 8 heteroatoms. The van der Waals surface area contributed by atoms with Crippen LogP contribution in [-0.4, -0.2) is 15.1 Å². The van der Waals surface area contributed by atoms with E-state index in [1.54, 1.807) is 6.08 Å². The van der Waals surface area contributed by atoms with Gasteiger partial charge in [-0.25, -0.2) is 4.98 Å². The van der Waals surface area contributed by atoms with Crippen LogP contribution in [0.1, 0.15) is 11.6 Å². The second-order valence-corrected chi connectivity index (χ2v) is 7.40. The number of allylic oxidation sites excluding steroid dienone is 1. The fourth-order valence-electron chi connectivity index (χ4n) is 2.21. The van der Waals surface area contributed by atoms with Crippen molar-refractivity contribution in [2.24, 2.45) is 0 Å². The fourth-order valence-corrected chi connectivity index (χ4v) is 3.76. The number of thiophene rings is 1. The third kappa shape index (κ3) is 3.44. The Morgan fingerprint density at radius 2 is 2.00 bits per heavy atom. The van der Waals surface area contributed by atoms with Gasteiger partial charge in [0.2, 0.25) is 5.82 Å². The molecular formula is C18H9ClN4OS2. The molecule has 3 aromatic heterocycles. The van der Waals surface area contributed by atoms with Crippen molar-refractivity contribution in [1.29, 1.82) is 5.26 Å². The van der Waals surface area contributed by atoms with Gasteiger partial charge in [-0.1, -0.05) is 35.0 Å².